The molecule has 0 saturated carbocycles. The normalized spacial score (nSPS) is 21.0. The molecule has 0 bridgehead atoms. The maximum Gasteiger partial charge on any atom is 0.345 e. The van der Waals surface area contributed by atoms with E-state index in [1.165, 1.54) is 0 Å². The van der Waals surface area contributed by atoms with Crippen molar-refractivity contribution in [2.45, 2.75) is 18.4 Å². The summed E-state index contributed by atoms with van der Waals surface area (Å²) in [5.41, 5.74) is 3.94. The smallest absolute Gasteiger partial charge is 0.345 e. The van der Waals surface area contributed by atoms with Crippen LogP contribution in [0.1, 0.15) is 28.3 Å². The number of anilines is 1. The number of esters is 1. The van der Waals surface area contributed by atoms with Crippen LogP contribution in [0.4, 0.5) is 5.69 Å². The number of carboxylic acids is 1. The first-order valence-electron chi connectivity index (χ1n) is 10.3. The SMILES string of the molecule is O=C(Oc1ccc(-c2ccccc2)cc1)c1cccc2c1N[C@H](C(=O)O)[C@@H]1CC=C[C@H]21. The number of para-hydroxylation sites is 1. The van der Waals surface area contributed by atoms with Gasteiger partial charge >= 0.3 is 11.9 Å². The molecule has 31 heavy (non-hydrogen) atoms. The lowest BCUT2D eigenvalue weighted by molar-refractivity contribution is -0.139. The summed E-state index contributed by atoms with van der Waals surface area (Å²) in [6.07, 6.45) is 4.76. The summed E-state index contributed by atoms with van der Waals surface area (Å²) in [6.45, 7) is 0. The van der Waals surface area contributed by atoms with Gasteiger partial charge < -0.3 is 15.2 Å². The summed E-state index contributed by atoms with van der Waals surface area (Å²) in [5, 5.41) is 12.8. The Bertz CT molecular complexity index is 1170. The predicted molar refractivity (Wildman–Crippen MR) is 118 cm³/mol. The van der Waals surface area contributed by atoms with Crippen molar-refractivity contribution in [3.05, 3.63) is 96.1 Å². The molecule has 3 atom stereocenters. The lowest BCUT2D eigenvalue weighted by atomic mass is 9.78. The fourth-order valence-electron chi connectivity index (χ4n) is 4.54. The lowest BCUT2D eigenvalue weighted by Crippen LogP contribution is -2.42. The second-order valence-corrected chi connectivity index (χ2v) is 7.86. The second-order valence-electron chi connectivity index (χ2n) is 7.86. The second kappa shape index (κ2) is 7.76. The first-order chi connectivity index (χ1) is 15.1. The number of carboxylic acid groups (broad SMARTS) is 1. The van der Waals surface area contributed by atoms with Crippen LogP contribution in [0.3, 0.4) is 0 Å². The molecule has 0 amide bonds. The summed E-state index contributed by atoms with van der Waals surface area (Å²) < 4.78 is 5.62. The molecule has 0 radical (unpaired) electrons. The topological polar surface area (TPSA) is 75.6 Å². The van der Waals surface area contributed by atoms with Gasteiger partial charge in [-0.05, 0) is 41.3 Å². The number of ether oxygens (including phenoxy) is 1. The molecule has 0 unspecified atom stereocenters. The van der Waals surface area contributed by atoms with E-state index in [2.05, 4.69) is 5.32 Å². The van der Waals surface area contributed by atoms with Crippen molar-refractivity contribution in [2.24, 2.45) is 5.92 Å². The summed E-state index contributed by atoms with van der Waals surface area (Å²) in [5.74, 6) is -1.06. The molecule has 1 aliphatic carbocycles. The van der Waals surface area contributed by atoms with E-state index in [9.17, 15) is 14.7 Å². The van der Waals surface area contributed by atoms with Crippen molar-refractivity contribution in [3.8, 4) is 16.9 Å². The summed E-state index contributed by atoms with van der Waals surface area (Å²) in [7, 11) is 0. The maximum absolute atomic E-state index is 13.0. The van der Waals surface area contributed by atoms with Gasteiger partial charge in [-0.15, -0.1) is 0 Å². The van der Waals surface area contributed by atoms with Crippen LogP contribution in [0.15, 0.2) is 84.9 Å². The Hall–Kier alpha value is -3.86. The number of benzene rings is 3. The Kier molecular flexibility index (Phi) is 4.79. The van der Waals surface area contributed by atoms with Gasteiger partial charge in [-0.25, -0.2) is 9.59 Å². The average molecular weight is 411 g/mol. The highest BCUT2D eigenvalue weighted by atomic mass is 16.5. The number of carbonyl (C=O) groups is 2. The van der Waals surface area contributed by atoms with E-state index in [4.69, 9.17) is 4.74 Å². The van der Waals surface area contributed by atoms with Gasteiger partial charge in [0.1, 0.15) is 11.8 Å². The number of aliphatic carboxylic acids is 1. The van der Waals surface area contributed by atoms with Gasteiger partial charge in [0.25, 0.3) is 0 Å². The number of nitrogens with one attached hydrogen (secondary N) is 1. The van der Waals surface area contributed by atoms with Gasteiger partial charge in [-0.3, -0.25) is 0 Å². The highest BCUT2D eigenvalue weighted by molar-refractivity contribution is 5.99. The highest BCUT2D eigenvalue weighted by Gasteiger charge is 2.42. The minimum atomic E-state index is -0.913. The first-order valence-corrected chi connectivity index (χ1v) is 10.3. The minimum absolute atomic E-state index is 0.0183. The molecule has 1 aliphatic heterocycles. The van der Waals surface area contributed by atoms with E-state index in [1.54, 1.807) is 18.2 Å². The largest absolute Gasteiger partial charge is 0.480 e. The quantitative estimate of drug-likeness (QED) is 0.354. The number of hydrogen-bond donors (Lipinski definition) is 2. The van der Waals surface area contributed by atoms with Gasteiger partial charge in [-0.2, -0.15) is 0 Å². The number of allylic oxidation sites excluding steroid dienone is 2. The van der Waals surface area contributed by atoms with Crippen molar-refractivity contribution in [2.75, 3.05) is 5.32 Å². The van der Waals surface area contributed by atoms with Gasteiger partial charge in [0, 0.05) is 11.8 Å². The summed E-state index contributed by atoms with van der Waals surface area (Å²) in [4.78, 5) is 24.8. The fraction of sp³-hybridized carbons (Fsp3) is 0.154. The van der Waals surface area contributed by atoms with E-state index in [0.29, 0.717) is 23.4 Å². The highest BCUT2D eigenvalue weighted by Crippen LogP contribution is 2.45. The standard InChI is InChI=1S/C26H21NO4/c28-25(29)24-21-10-4-8-19(21)20-9-5-11-22(23(20)27-24)26(30)31-18-14-12-17(13-15-18)16-6-2-1-3-7-16/h1-9,11-15,19,21,24,27H,10H2,(H,28,29)/t19-,21-,24+/m1/s1. The molecule has 0 fully saturated rings. The van der Waals surface area contributed by atoms with Gasteiger partial charge in [0.15, 0.2) is 0 Å². The zero-order chi connectivity index (χ0) is 21.4. The average Bonchev–Trinajstić information content (AvgIpc) is 3.29. The summed E-state index contributed by atoms with van der Waals surface area (Å²) in [6, 6.07) is 22.0. The zero-order valence-electron chi connectivity index (χ0n) is 16.7. The molecular weight excluding hydrogens is 390 g/mol. The maximum atomic E-state index is 13.0. The molecule has 1 heterocycles. The van der Waals surface area contributed by atoms with E-state index in [1.807, 2.05) is 66.7 Å². The first kappa shape index (κ1) is 19.1. The molecule has 3 aromatic rings. The van der Waals surface area contributed by atoms with Crippen LogP contribution in [0, 0.1) is 5.92 Å². The van der Waals surface area contributed by atoms with Gasteiger partial charge in [-0.1, -0.05) is 66.7 Å². The third kappa shape index (κ3) is 3.48. The number of fused-ring (bicyclic) bond motifs is 3. The van der Waals surface area contributed by atoms with Gasteiger partial charge in [0.05, 0.1) is 11.3 Å². The minimum Gasteiger partial charge on any atom is -0.480 e. The molecular formula is C26H21NO4. The van der Waals surface area contributed by atoms with Crippen LogP contribution in [0.25, 0.3) is 11.1 Å². The van der Waals surface area contributed by atoms with Crippen LogP contribution in [-0.2, 0) is 4.79 Å². The molecule has 2 aliphatic rings. The van der Waals surface area contributed by atoms with E-state index in [0.717, 1.165) is 16.7 Å². The van der Waals surface area contributed by atoms with Crippen molar-refractivity contribution in [1.82, 2.24) is 0 Å². The Morgan fingerprint density at radius 3 is 2.39 bits per heavy atom. The Morgan fingerprint density at radius 1 is 0.903 bits per heavy atom. The lowest BCUT2D eigenvalue weighted by Gasteiger charge is -2.35. The molecule has 0 aromatic heterocycles. The van der Waals surface area contributed by atoms with Crippen molar-refractivity contribution < 1.29 is 19.4 Å². The van der Waals surface area contributed by atoms with Crippen molar-refractivity contribution in [3.63, 3.8) is 0 Å². The molecule has 0 spiro atoms. The van der Waals surface area contributed by atoms with E-state index < -0.39 is 18.0 Å². The number of hydrogen-bond acceptors (Lipinski definition) is 4. The predicted octanol–water partition coefficient (Wildman–Crippen LogP) is 5.11. The third-order valence-corrected chi connectivity index (χ3v) is 6.05. The number of rotatable bonds is 4. The third-order valence-electron chi connectivity index (χ3n) is 6.05. The summed E-state index contributed by atoms with van der Waals surface area (Å²) >= 11 is 0. The molecule has 3 aromatic carbocycles. The van der Waals surface area contributed by atoms with Crippen LogP contribution in [0.2, 0.25) is 0 Å². The van der Waals surface area contributed by atoms with Crippen LogP contribution in [-0.4, -0.2) is 23.1 Å². The molecule has 5 nitrogen and oxygen atoms in total. The van der Waals surface area contributed by atoms with Gasteiger partial charge in [0.2, 0.25) is 0 Å². The molecule has 0 saturated heterocycles. The monoisotopic (exact) mass is 411 g/mol. The van der Waals surface area contributed by atoms with E-state index >= 15 is 0 Å². The van der Waals surface area contributed by atoms with E-state index in [-0.39, 0.29) is 11.8 Å². The fourth-order valence-corrected chi connectivity index (χ4v) is 4.54. The van der Waals surface area contributed by atoms with Crippen molar-refractivity contribution >= 4 is 17.6 Å². The Morgan fingerprint density at radius 2 is 1.65 bits per heavy atom. The molecule has 2 N–H and O–H groups in total. The molecule has 154 valence electrons. The van der Waals surface area contributed by atoms with Crippen LogP contribution < -0.4 is 10.1 Å². The Balaban J connectivity index is 1.41. The Labute approximate surface area is 180 Å². The van der Waals surface area contributed by atoms with Crippen LogP contribution >= 0.6 is 0 Å². The molecule has 5 rings (SSSR count). The molecule has 5 heteroatoms. The zero-order valence-corrected chi connectivity index (χ0v) is 16.7. The van der Waals surface area contributed by atoms with Crippen LogP contribution in [0.5, 0.6) is 5.75 Å². The van der Waals surface area contributed by atoms with Crippen molar-refractivity contribution in [1.29, 1.82) is 0 Å². The number of carbonyl (C=O) groups excluding carboxylic acids is 1.